The van der Waals surface area contributed by atoms with E-state index in [1.807, 2.05) is 11.3 Å². The monoisotopic (exact) mass is 303 g/mol. The van der Waals surface area contributed by atoms with Crippen molar-refractivity contribution in [3.05, 3.63) is 20.8 Å². The lowest BCUT2D eigenvalue weighted by molar-refractivity contribution is 0.231. The van der Waals surface area contributed by atoms with E-state index >= 15 is 0 Å². The first-order valence-electron chi connectivity index (χ1n) is 5.81. The van der Waals surface area contributed by atoms with Crippen molar-refractivity contribution in [2.24, 2.45) is 11.3 Å². The highest BCUT2D eigenvalue weighted by atomic mass is 79.9. The van der Waals surface area contributed by atoms with E-state index in [1.165, 1.54) is 8.66 Å². The highest BCUT2D eigenvalue weighted by molar-refractivity contribution is 9.11. The summed E-state index contributed by atoms with van der Waals surface area (Å²) in [6.45, 7) is 12.5. The highest BCUT2D eigenvalue weighted by Crippen LogP contribution is 2.29. The maximum Gasteiger partial charge on any atom is 0.0701 e. The van der Waals surface area contributed by atoms with E-state index in [0.29, 0.717) is 17.4 Å². The van der Waals surface area contributed by atoms with Crippen LogP contribution in [0.3, 0.4) is 0 Å². The van der Waals surface area contributed by atoms with Gasteiger partial charge in [0.1, 0.15) is 0 Å². The van der Waals surface area contributed by atoms with E-state index in [-0.39, 0.29) is 0 Å². The summed E-state index contributed by atoms with van der Waals surface area (Å²) in [6, 6.07) is 4.75. The molecule has 0 bridgehead atoms. The van der Waals surface area contributed by atoms with Gasteiger partial charge in [-0.05, 0) is 46.3 Å². The van der Waals surface area contributed by atoms with Gasteiger partial charge in [0.05, 0.1) is 3.79 Å². The minimum Gasteiger partial charge on any atom is -0.309 e. The summed E-state index contributed by atoms with van der Waals surface area (Å²) in [5.74, 6) is 0.697. The van der Waals surface area contributed by atoms with Gasteiger partial charge in [-0.15, -0.1) is 11.3 Å². The number of rotatable bonds is 5. The lowest BCUT2D eigenvalue weighted by atomic mass is 9.81. The van der Waals surface area contributed by atoms with Crippen LogP contribution in [0.5, 0.6) is 0 Å². The topological polar surface area (TPSA) is 12.0 Å². The molecule has 1 aromatic heterocycles. The molecule has 16 heavy (non-hydrogen) atoms. The molecular weight excluding hydrogens is 282 g/mol. The molecule has 1 rings (SSSR count). The number of hydrogen-bond donors (Lipinski definition) is 1. The first-order valence-corrected chi connectivity index (χ1v) is 7.42. The molecule has 1 heterocycles. The van der Waals surface area contributed by atoms with Crippen molar-refractivity contribution in [1.82, 2.24) is 5.32 Å². The van der Waals surface area contributed by atoms with Crippen LogP contribution in [-0.4, -0.2) is 6.54 Å². The summed E-state index contributed by atoms with van der Waals surface area (Å²) in [5.41, 5.74) is 0.350. The molecule has 0 fully saturated rings. The minimum atomic E-state index is 0.350. The molecule has 1 unspecified atom stereocenters. The van der Waals surface area contributed by atoms with E-state index in [0.717, 1.165) is 6.54 Å². The summed E-state index contributed by atoms with van der Waals surface area (Å²) in [5, 5.41) is 3.62. The fourth-order valence-electron chi connectivity index (χ4n) is 1.28. The summed E-state index contributed by atoms with van der Waals surface area (Å²) in [4.78, 5) is 1.39. The van der Waals surface area contributed by atoms with Crippen LogP contribution in [0.25, 0.3) is 0 Å². The van der Waals surface area contributed by atoms with Crippen LogP contribution in [0.4, 0.5) is 0 Å². The van der Waals surface area contributed by atoms with E-state index in [4.69, 9.17) is 0 Å². The number of thiophene rings is 1. The van der Waals surface area contributed by atoms with Gasteiger partial charge in [0.2, 0.25) is 0 Å². The van der Waals surface area contributed by atoms with Crippen molar-refractivity contribution in [2.45, 2.75) is 40.7 Å². The molecule has 0 aromatic carbocycles. The summed E-state index contributed by atoms with van der Waals surface area (Å²) < 4.78 is 1.21. The van der Waals surface area contributed by atoms with Crippen LogP contribution < -0.4 is 5.32 Å². The molecule has 1 N–H and O–H groups in total. The van der Waals surface area contributed by atoms with Crippen molar-refractivity contribution in [1.29, 1.82) is 0 Å². The number of hydrogen-bond acceptors (Lipinski definition) is 2. The molecule has 0 amide bonds. The molecule has 1 aromatic rings. The Morgan fingerprint density at radius 3 is 2.38 bits per heavy atom. The second-order valence-corrected chi connectivity index (χ2v) is 7.88. The predicted octanol–water partition coefficient (Wildman–Crippen LogP) is 4.84. The van der Waals surface area contributed by atoms with Gasteiger partial charge in [-0.25, -0.2) is 0 Å². The Labute approximate surface area is 112 Å². The third kappa shape index (κ3) is 3.86. The zero-order valence-corrected chi connectivity index (χ0v) is 13.2. The molecule has 1 nitrogen and oxygen atoms in total. The molecule has 92 valence electrons. The normalized spacial score (nSPS) is 14.4. The van der Waals surface area contributed by atoms with Gasteiger partial charge in [0.15, 0.2) is 0 Å². The molecule has 0 aliphatic carbocycles. The van der Waals surface area contributed by atoms with Gasteiger partial charge in [-0.1, -0.05) is 27.7 Å². The molecule has 0 saturated heterocycles. The third-order valence-electron chi connectivity index (χ3n) is 3.45. The lowest BCUT2D eigenvalue weighted by Crippen LogP contribution is -2.34. The Bertz CT molecular complexity index is 330. The van der Waals surface area contributed by atoms with Crippen molar-refractivity contribution in [2.75, 3.05) is 6.54 Å². The third-order valence-corrected chi connectivity index (χ3v) is 5.25. The lowest BCUT2D eigenvalue weighted by Gasteiger charge is -2.31. The number of halogens is 1. The van der Waals surface area contributed by atoms with Crippen LogP contribution in [0.1, 0.15) is 45.5 Å². The Morgan fingerprint density at radius 1 is 1.31 bits per heavy atom. The molecule has 0 radical (unpaired) electrons. The molecule has 0 aliphatic heterocycles. The molecule has 1 atom stereocenters. The SMILES string of the molecule is CC(NCC(C)(C)C(C)C)c1ccc(Br)s1. The molecule has 0 spiro atoms. The van der Waals surface area contributed by atoms with E-state index < -0.39 is 0 Å². The standard InChI is InChI=1S/C13H22BrNS/c1-9(2)13(4,5)8-15-10(3)11-6-7-12(14)16-11/h6-7,9-10,15H,8H2,1-5H3. The van der Waals surface area contributed by atoms with Gasteiger partial charge in [-0.2, -0.15) is 0 Å². The van der Waals surface area contributed by atoms with E-state index in [9.17, 15) is 0 Å². The quantitative estimate of drug-likeness (QED) is 0.820. The Balaban J connectivity index is 2.50. The zero-order chi connectivity index (χ0) is 12.3. The summed E-state index contributed by atoms with van der Waals surface area (Å²) in [7, 11) is 0. The van der Waals surface area contributed by atoms with Crippen molar-refractivity contribution < 1.29 is 0 Å². The van der Waals surface area contributed by atoms with Crippen LogP contribution in [-0.2, 0) is 0 Å². The smallest absolute Gasteiger partial charge is 0.0701 e. The fourth-order valence-corrected chi connectivity index (χ4v) is 2.73. The zero-order valence-electron chi connectivity index (χ0n) is 10.8. The number of nitrogens with one attached hydrogen (secondary N) is 1. The van der Waals surface area contributed by atoms with Crippen LogP contribution in [0.15, 0.2) is 15.9 Å². The molecule has 3 heteroatoms. The van der Waals surface area contributed by atoms with Crippen LogP contribution >= 0.6 is 27.3 Å². The van der Waals surface area contributed by atoms with Gasteiger partial charge < -0.3 is 5.32 Å². The van der Waals surface area contributed by atoms with Crippen molar-refractivity contribution in [3.63, 3.8) is 0 Å². The Morgan fingerprint density at radius 2 is 1.94 bits per heavy atom. The van der Waals surface area contributed by atoms with E-state index in [1.54, 1.807) is 0 Å². The van der Waals surface area contributed by atoms with Gasteiger partial charge in [0.25, 0.3) is 0 Å². The second-order valence-electron chi connectivity index (χ2n) is 5.39. The average Bonchev–Trinajstić information content (AvgIpc) is 2.61. The Kier molecular flexibility index (Phi) is 5.02. The Hall–Kier alpha value is 0.140. The summed E-state index contributed by atoms with van der Waals surface area (Å²) >= 11 is 5.31. The maximum atomic E-state index is 3.62. The molecule has 0 aliphatic rings. The molecule has 0 saturated carbocycles. The van der Waals surface area contributed by atoms with Crippen molar-refractivity contribution in [3.8, 4) is 0 Å². The largest absolute Gasteiger partial charge is 0.309 e. The fraction of sp³-hybridized carbons (Fsp3) is 0.692. The maximum absolute atomic E-state index is 3.62. The molecular formula is C13H22BrNS. The van der Waals surface area contributed by atoms with Gasteiger partial charge in [0, 0.05) is 17.5 Å². The van der Waals surface area contributed by atoms with E-state index in [2.05, 4.69) is 68.0 Å². The van der Waals surface area contributed by atoms with Crippen molar-refractivity contribution >= 4 is 27.3 Å². The summed E-state index contributed by atoms with van der Waals surface area (Å²) in [6.07, 6.45) is 0. The van der Waals surface area contributed by atoms with Gasteiger partial charge >= 0.3 is 0 Å². The first-order chi connectivity index (χ1) is 7.33. The minimum absolute atomic E-state index is 0.350. The van der Waals surface area contributed by atoms with Crippen LogP contribution in [0.2, 0.25) is 0 Å². The van der Waals surface area contributed by atoms with Crippen LogP contribution in [0, 0.1) is 11.3 Å². The first kappa shape index (κ1) is 14.2. The highest BCUT2D eigenvalue weighted by Gasteiger charge is 2.22. The predicted molar refractivity (Wildman–Crippen MR) is 77.1 cm³/mol. The average molecular weight is 304 g/mol. The second kappa shape index (κ2) is 5.65. The van der Waals surface area contributed by atoms with Gasteiger partial charge in [-0.3, -0.25) is 0 Å².